The molecule has 0 bridgehead atoms. The van der Waals surface area contributed by atoms with E-state index in [1.807, 2.05) is 25.2 Å². The maximum atomic E-state index is 13.5. The molecule has 0 saturated carbocycles. The summed E-state index contributed by atoms with van der Waals surface area (Å²) in [6.07, 6.45) is 3.36. The Morgan fingerprint density at radius 3 is 2.53 bits per heavy atom. The number of nitrogens with one attached hydrogen (secondary N) is 1. The van der Waals surface area contributed by atoms with Crippen LogP contribution in [-0.2, 0) is 30.0 Å². The van der Waals surface area contributed by atoms with E-state index in [4.69, 9.17) is 0 Å². The van der Waals surface area contributed by atoms with Crippen molar-refractivity contribution in [3.05, 3.63) is 65.5 Å². The van der Waals surface area contributed by atoms with Gasteiger partial charge < -0.3 is 9.47 Å². The standard InChI is InChI=1S/C25H28F2N6O2S/c1-31-21-5-3-4-18(15-30-36(2,34)35)22(21)23-24(31)25(29-16-28-23)33-12-10-32(11-13-33)9-8-17-6-7-19(26)20(27)14-17/h3-7,14,16,30H,8-13,15H2,1-2H3. The molecule has 1 aliphatic heterocycles. The molecule has 0 atom stereocenters. The number of hydrogen-bond acceptors (Lipinski definition) is 6. The van der Waals surface area contributed by atoms with Gasteiger partial charge >= 0.3 is 0 Å². The molecule has 1 fully saturated rings. The van der Waals surface area contributed by atoms with Gasteiger partial charge in [0.15, 0.2) is 17.5 Å². The topological polar surface area (TPSA) is 83.4 Å². The van der Waals surface area contributed by atoms with E-state index < -0.39 is 21.7 Å². The molecular formula is C25H28F2N6O2S. The number of aryl methyl sites for hydroxylation is 1. The highest BCUT2D eigenvalue weighted by molar-refractivity contribution is 7.88. The zero-order valence-electron chi connectivity index (χ0n) is 20.2. The first-order chi connectivity index (χ1) is 17.2. The van der Waals surface area contributed by atoms with Crippen molar-refractivity contribution in [2.75, 3.05) is 43.9 Å². The molecule has 8 nitrogen and oxygen atoms in total. The number of nitrogens with zero attached hydrogens (tertiary/aromatic N) is 5. The van der Waals surface area contributed by atoms with Crippen LogP contribution in [0.1, 0.15) is 11.1 Å². The predicted octanol–water partition coefficient (Wildman–Crippen LogP) is 2.81. The van der Waals surface area contributed by atoms with E-state index in [1.165, 1.54) is 12.1 Å². The molecule has 1 aliphatic rings. The van der Waals surface area contributed by atoms with Crippen molar-refractivity contribution in [3.63, 3.8) is 0 Å². The summed E-state index contributed by atoms with van der Waals surface area (Å²) in [6, 6.07) is 9.90. The molecule has 0 amide bonds. The highest BCUT2D eigenvalue weighted by Crippen LogP contribution is 2.34. The van der Waals surface area contributed by atoms with Crippen LogP contribution >= 0.6 is 0 Å². The lowest BCUT2D eigenvalue weighted by atomic mass is 10.1. The zero-order valence-corrected chi connectivity index (χ0v) is 21.0. The summed E-state index contributed by atoms with van der Waals surface area (Å²) in [7, 11) is -1.36. The van der Waals surface area contributed by atoms with Crippen molar-refractivity contribution >= 4 is 37.8 Å². The summed E-state index contributed by atoms with van der Waals surface area (Å²) in [5.74, 6) is -0.785. The molecule has 4 aromatic rings. The van der Waals surface area contributed by atoms with Crippen LogP contribution < -0.4 is 9.62 Å². The summed E-state index contributed by atoms with van der Waals surface area (Å²) < 4.78 is 54.7. The number of benzene rings is 2. The van der Waals surface area contributed by atoms with Gasteiger partial charge in [-0.2, -0.15) is 0 Å². The number of piperazine rings is 1. The van der Waals surface area contributed by atoms with E-state index in [0.29, 0.717) is 6.42 Å². The van der Waals surface area contributed by atoms with Crippen molar-refractivity contribution in [3.8, 4) is 0 Å². The second kappa shape index (κ2) is 9.72. The minimum Gasteiger partial charge on any atom is -0.352 e. The Morgan fingerprint density at radius 1 is 1.03 bits per heavy atom. The Bertz CT molecular complexity index is 1530. The molecule has 0 radical (unpaired) electrons. The Morgan fingerprint density at radius 2 is 1.81 bits per heavy atom. The van der Waals surface area contributed by atoms with E-state index in [1.54, 1.807) is 12.4 Å². The Balaban J connectivity index is 1.36. The molecule has 2 aromatic heterocycles. The van der Waals surface area contributed by atoms with Crippen molar-refractivity contribution in [2.24, 2.45) is 7.05 Å². The van der Waals surface area contributed by atoms with Gasteiger partial charge in [-0.25, -0.2) is 31.9 Å². The SMILES string of the molecule is Cn1c2cccc(CNS(C)(=O)=O)c2c2ncnc(N3CCN(CCc4ccc(F)c(F)c4)CC3)c21. The normalized spacial score (nSPS) is 15.3. The fourth-order valence-electron chi connectivity index (χ4n) is 4.87. The third-order valence-corrected chi connectivity index (χ3v) is 7.43. The van der Waals surface area contributed by atoms with Crippen LogP contribution in [0.25, 0.3) is 21.9 Å². The van der Waals surface area contributed by atoms with Crippen LogP contribution in [0.15, 0.2) is 42.7 Å². The lowest BCUT2D eigenvalue weighted by Crippen LogP contribution is -2.47. The van der Waals surface area contributed by atoms with Crippen molar-refractivity contribution in [1.82, 2.24) is 24.2 Å². The molecule has 1 saturated heterocycles. The van der Waals surface area contributed by atoms with Crippen LogP contribution in [0.4, 0.5) is 14.6 Å². The zero-order chi connectivity index (χ0) is 25.4. The molecule has 0 aliphatic carbocycles. The van der Waals surface area contributed by atoms with Gasteiger partial charge in [-0.1, -0.05) is 18.2 Å². The van der Waals surface area contributed by atoms with Crippen LogP contribution in [0, 0.1) is 11.6 Å². The minimum atomic E-state index is -3.33. The molecule has 36 heavy (non-hydrogen) atoms. The average molecular weight is 515 g/mol. The van der Waals surface area contributed by atoms with Gasteiger partial charge in [0.05, 0.1) is 11.8 Å². The van der Waals surface area contributed by atoms with Crippen molar-refractivity contribution in [1.29, 1.82) is 0 Å². The lowest BCUT2D eigenvalue weighted by Gasteiger charge is -2.35. The molecule has 2 aromatic carbocycles. The third kappa shape index (κ3) is 4.91. The molecule has 3 heterocycles. The van der Waals surface area contributed by atoms with E-state index >= 15 is 0 Å². The largest absolute Gasteiger partial charge is 0.352 e. The van der Waals surface area contributed by atoms with E-state index in [-0.39, 0.29) is 6.54 Å². The van der Waals surface area contributed by atoms with Gasteiger partial charge in [-0.05, 0) is 35.7 Å². The predicted molar refractivity (Wildman–Crippen MR) is 136 cm³/mol. The summed E-state index contributed by atoms with van der Waals surface area (Å²) in [4.78, 5) is 13.8. The van der Waals surface area contributed by atoms with Gasteiger partial charge in [0.1, 0.15) is 17.4 Å². The molecule has 5 rings (SSSR count). The Hall–Kier alpha value is -3.15. The number of aromatic nitrogens is 3. The molecular weight excluding hydrogens is 486 g/mol. The van der Waals surface area contributed by atoms with Gasteiger partial charge in [0.25, 0.3) is 0 Å². The number of rotatable bonds is 7. The van der Waals surface area contributed by atoms with Gasteiger partial charge in [-0.15, -0.1) is 0 Å². The molecule has 0 unspecified atom stereocenters. The number of anilines is 1. The Labute approximate surface area is 208 Å². The highest BCUT2D eigenvalue weighted by Gasteiger charge is 2.23. The van der Waals surface area contributed by atoms with Crippen LogP contribution in [0.3, 0.4) is 0 Å². The van der Waals surface area contributed by atoms with Gasteiger partial charge in [0.2, 0.25) is 10.0 Å². The number of fused-ring (bicyclic) bond motifs is 3. The van der Waals surface area contributed by atoms with Crippen LogP contribution in [-0.4, -0.2) is 66.8 Å². The number of halogens is 2. The van der Waals surface area contributed by atoms with E-state index in [9.17, 15) is 17.2 Å². The molecule has 190 valence electrons. The summed E-state index contributed by atoms with van der Waals surface area (Å²) in [5, 5.41) is 0.917. The van der Waals surface area contributed by atoms with Crippen molar-refractivity contribution < 1.29 is 17.2 Å². The summed E-state index contributed by atoms with van der Waals surface area (Å²) in [6.45, 7) is 4.14. The quantitative estimate of drug-likeness (QED) is 0.409. The monoisotopic (exact) mass is 514 g/mol. The van der Waals surface area contributed by atoms with Gasteiger partial charge in [0, 0.05) is 51.7 Å². The lowest BCUT2D eigenvalue weighted by molar-refractivity contribution is 0.260. The smallest absolute Gasteiger partial charge is 0.209 e. The van der Waals surface area contributed by atoms with E-state index in [2.05, 4.69) is 29.1 Å². The maximum absolute atomic E-state index is 13.5. The first-order valence-electron chi connectivity index (χ1n) is 11.8. The number of hydrogen-bond donors (Lipinski definition) is 1. The Kier molecular flexibility index (Phi) is 6.62. The van der Waals surface area contributed by atoms with Gasteiger partial charge in [-0.3, -0.25) is 4.90 Å². The van der Waals surface area contributed by atoms with Crippen LogP contribution in [0.5, 0.6) is 0 Å². The van der Waals surface area contributed by atoms with Crippen molar-refractivity contribution in [2.45, 2.75) is 13.0 Å². The first-order valence-corrected chi connectivity index (χ1v) is 13.7. The maximum Gasteiger partial charge on any atom is 0.209 e. The second-order valence-electron chi connectivity index (χ2n) is 9.19. The minimum absolute atomic E-state index is 0.186. The summed E-state index contributed by atoms with van der Waals surface area (Å²) >= 11 is 0. The summed E-state index contributed by atoms with van der Waals surface area (Å²) in [5.41, 5.74) is 4.31. The first kappa shape index (κ1) is 24.5. The van der Waals surface area contributed by atoms with E-state index in [0.717, 1.165) is 77.9 Å². The van der Waals surface area contributed by atoms with Crippen LogP contribution in [0.2, 0.25) is 0 Å². The molecule has 0 spiro atoms. The highest BCUT2D eigenvalue weighted by atomic mass is 32.2. The third-order valence-electron chi connectivity index (χ3n) is 6.76. The molecule has 1 N–H and O–H groups in total. The average Bonchev–Trinajstić information content (AvgIpc) is 3.16. The number of sulfonamides is 1. The second-order valence-corrected chi connectivity index (χ2v) is 11.0. The fraction of sp³-hybridized carbons (Fsp3) is 0.360. The fourth-order valence-corrected chi connectivity index (χ4v) is 5.29. The molecule has 11 heteroatoms.